The van der Waals surface area contributed by atoms with Gasteiger partial charge in [-0.1, -0.05) is 19.9 Å². The molecule has 3 unspecified atom stereocenters. The molecule has 0 bridgehead atoms. The molecule has 1 aliphatic heterocycles. The molecule has 2 N–H and O–H groups in total. The summed E-state index contributed by atoms with van der Waals surface area (Å²) >= 11 is 0. The number of hydrogen-bond acceptors (Lipinski definition) is 2. The van der Waals surface area contributed by atoms with Crippen LogP contribution in [0.2, 0.25) is 0 Å². The van der Waals surface area contributed by atoms with E-state index in [4.69, 9.17) is 0 Å². The molecule has 5 rings (SSSR count). The fourth-order valence-corrected chi connectivity index (χ4v) is 8.06. The van der Waals surface area contributed by atoms with Crippen molar-refractivity contribution in [2.75, 3.05) is 5.32 Å². The van der Waals surface area contributed by atoms with Crippen LogP contribution in [0.25, 0.3) is 0 Å². The molecule has 202 valence electrons. The summed E-state index contributed by atoms with van der Waals surface area (Å²) < 4.78 is 80.4. The molecule has 3 saturated carbocycles. The highest BCUT2D eigenvalue weighted by Gasteiger charge is 2.61. The molecule has 7 atom stereocenters. The quantitative estimate of drug-likeness (QED) is 0.427. The van der Waals surface area contributed by atoms with Crippen molar-refractivity contribution in [2.45, 2.75) is 70.8 Å². The summed E-state index contributed by atoms with van der Waals surface area (Å²) in [6.45, 7) is 4.17. The zero-order valence-corrected chi connectivity index (χ0v) is 20.6. The van der Waals surface area contributed by atoms with Gasteiger partial charge in [-0.25, -0.2) is 0 Å². The minimum Gasteiger partial charge on any atom is -0.349 e. The first-order valence-electron chi connectivity index (χ1n) is 12.7. The molecular weight excluding hydrogens is 498 g/mol. The lowest BCUT2D eigenvalue weighted by Gasteiger charge is -2.58. The molecule has 0 radical (unpaired) electrons. The maximum atomic E-state index is 13.6. The maximum Gasteiger partial charge on any atom is 0.418 e. The average molecular weight is 529 g/mol. The number of carbonyl (C=O) groups excluding carboxylic acids is 2. The van der Waals surface area contributed by atoms with Crippen LogP contribution in [0.5, 0.6) is 0 Å². The highest BCUT2D eigenvalue weighted by molar-refractivity contribution is 5.94. The summed E-state index contributed by atoms with van der Waals surface area (Å²) in [5.74, 6) is -0.555. The number of fused-ring (bicyclic) bond motifs is 5. The van der Waals surface area contributed by atoms with E-state index >= 15 is 0 Å². The second-order valence-electron chi connectivity index (χ2n) is 11.6. The van der Waals surface area contributed by atoms with E-state index in [0.29, 0.717) is 42.9 Å². The van der Waals surface area contributed by atoms with Crippen molar-refractivity contribution in [2.24, 2.45) is 34.5 Å². The standard InChI is InChI=1S/C27H30F6N2O2/c1-24-11-9-17-15(4-8-21-25(17,2)12-10-22(36)35-21)16(24)6-7-19(24)23(37)34-20-13-14(26(28,29)30)3-5-18(20)27(31,32)33/h3,5,10,12-13,15-17,19,21H,4,6-9,11H2,1-2H3,(H,34,37)(H,35,36)/t15-,16?,17?,19+,21?,24-,25+/m0/s1. The Hall–Kier alpha value is -2.52. The summed E-state index contributed by atoms with van der Waals surface area (Å²) in [4.78, 5) is 25.3. The molecule has 1 heterocycles. The van der Waals surface area contributed by atoms with Gasteiger partial charge in [0, 0.05) is 17.4 Å². The van der Waals surface area contributed by atoms with E-state index in [1.165, 1.54) is 0 Å². The smallest absolute Gasteiger partial charge is 0.349 e. The monoisotopic (exact) mass is 528 g/mol. The zero-order valence-electron chi connectivity index (χ0n) is 20.6. The van der Waals surface area contributed by atoms with Gasteiger partial charge in [0.1, 0.15) is 0 Å². The van der Waals surface area contributed by atoms with Crippen LogP contribution in [0.15, 0.2) is 30.4 Å². The molecule has 0 aromatic heterocycles. The van der Waals surface area contributed by atoms with Gasteiger partial charge in [-0.05, 0) is 86.0 Å². The highest BCUT2D eigenvalue weighted by atomic mass is 19.4. The van der Waals surface area contributed by atoms with Gasteiger partial charge in [-0.15, -0.1) is 0 Å². The van der Waals surface area contributed by atoms with Gasteiger partial charge in [-0.3, -0.25) is 9.59 Å². The summed E-state index contributed by atoms with van der Waals surface area (Å²) in [7, 11) is 0. The normalized spacial score (nSPS) is 37.3. The minimum absolute atomic E-state index is 0.0535. The summed E-state index contributed by atoms with van der Waals surface area (Å²) in [6.07, 6.45) is -1.73. The number of nitrogens with one attached hydrogen (secondary N) is 2. The van der Waals surface area contributed by atoms with Gasteiger partial charge >= 0.3 is 12.4 Å². The van der Waals surface area contributed by atoms with Crippen molar-refractivity contribution < 1.29 is 35.9 Å². The fraction of sp³-hybridized carbons (Fsp3) is 0.630. The van der Waals surface area contributed by atoms with E-state index in [9.17, 15) is 35.9 Å². The third-order valence-electron chi connectivity index (χ3n) is 9.91. The molecule has 3 aliphatic carbocycles. The van der Waals surface area contributed by atoms with Crippen molar-refractivity contribution in [3.63, 3.8) is 0 Å². The van der Waals surface area contributed by atoms with E-state index in [0.717, 1.165) is 25.7 Å². The van der Waals surface area contributed by atoms with E-state index in [1.807, 2.05) is 13.0 Å². The van der Waals surface area contributed by atoms with Gasteiger partial charge < -0.3 is 10.6 Å². The average Bonchev–Trinajstić information content (AvgIpc) is 3.15. The summed E-state index contributed by atoms with van der Waals surface area (Å²) in [5, 5.41) is 5.33. The van der Waals surface area contributed by atoms with E-state index in [-0.39, 0.29) is 23.3 Å². The molecule has 1 aromatic rings. The molecule has 10 heteroatoms. The minimum atomic E-state index is -4.91. The first-order chi connectivity index (χ1) is 17.1. The molecule has 2 amide bonds. The van der Waals surface area contributed by atoms with Gasteiger partial charge in [0.15, 0.2) is 0 Å². The van der Waals surface area contributed by atoms with Crippen molar-refractivity contribution >= 4 is 17.5 Å². The van der Waals surface area contributed by atoms with Gasteiger partial charge in [0.25, 0.3) is 0 Å². The van der Waals surface area contributed by atoms with Crippen LogP contribution in [0.4, 0.5) is 32.0 Å². The highest BCUT2D eigenvalue weighted by Crippen LogP contribution is 2.65. The van der Waals surface area contributed by atoms with Crippen LogP contribution in [0.1, 0.15) is 63.5 Å². The third kappa shape index (κ3) is 4.24. The molecular formula is C27H30F6N2O2. The Labute approximate surface area is 211 Å². The van der Waals surface area contributed by atoms with Gasteiger partial charge in [0.2, 0.25) is 11.8 Å². The van der Waals surface area contributed by atoms with Crippen LogP contribution < -0.4 is 10.6 Å². The zero-order chi connectivity index (χ0) is 27.0. The lowest BCUT2D eigenvalue weighted by molar-refractivity contribution is -0.141. The second kappa shape index (κ2) is 8.50. The number of alkyl halides is 6. The predicted octanol–water partition coefficient (Wildman–Crippen LogP) is 6.58. The van der Waals surface area contributed by atoms with Gasteiger partial charge in [0.05, 0.1) is 16.8 Å². The van der Waals surface area contributed by atoms with E-state index < -0.39 is 46.4 Å². The molecule has 4 aliphatic rings. The topological polar surface area (TPSA) is 58.2 Å². The Balaban J connectivity index is 1.40. The maximum absolute atomic E-state index is 13.6. The van der Waals surface area contributed by atoms with Crippen molar-refractivity contribution in [1.29, 1.82) is 0 Å². The molecule has 37 heavy (non-hydrogen) atoms. The first kappa shape index (κ1) is 26.1. The summed E-state index contributed by atoms with van der Waals surface area (Å²) in [6, 6.07) is 1.18. The number of benzene rings is 1. The van der Waals surface area contributed by atoms with Crippen LogP contribution >= 0.6 is 0 Å². The number of rotatable bonds is 2. The number of hydrogen-bond donors (Lipinski definition) is 2. The number of anilines is 1. The number of carbonyl (C=O) groups is 2. The van der Waals surface area contributed by atoms with Crippen LogP contribution in [-0.2, 0) is 21.9 Å². The fourth-order valence-electron chi connectivity index (χ4n) is 8.06. The van der Waals surface area contributed by atoms with Crippen LogP contribution in [0.3, 0.4) is 0 Å². The largest absolute Gasteiger partial charge is 0.418 e. The second-order valence-corrected chi connectivity index (χ2v) is 11.6. The Bertz CT molecular complexity index is 1140. The Morgan fingerprint density at radius 3 is 2.38 bits per heavy atom. The predicted molar refractivity (Wildman–Crippen MR) is 124 cm³/mol. The third-order valence-corrected chi connectivity index (χ3v) is 9.91. The van der Waals surface area contributed by atoms with Crippen molar-refractivity contribution in [3.05, 3.63) is 41.5 Å². The molecule has 0 spiro atoms. The molecule has 4 nitrogen and oxygen atoms in total. The summed E-state index contributed by atoms with van der Waals surface area (Å²) in [5.41, 5.74) is -4.06. The SMILES string of the molecule is C[C@]12C=CC(=O)NC1CC[C@@H]1C2CC[C@@]2(C)C1CC[C@@H]2C(=O)Nc1cc(C(F)(F)F)ccc1C(F)(F)F. The molecule has 3 fully saturated rings. The Kier molecular flexibility index (Phi) is 5.99. The lowest BCUT2D eigenvalue weighted by atomic mass is 9.48. The van der Waals surface area contributed by atoms with E-state index in [2.05, 4.69) is 17.6 Å². The van der Waals surface area contributed by atoms with Crippen molar-refractivity contribution in [3.8, 4) is 0 Å². The lowest BCUT2D eigenvalue weighted by Crippen LogP contribution is -2.59. The van der Waals surface area contributed by atoms with Crippen LogP contribution in [0, 0.1) is 34.5 Å². The van der Waals surface area contributed by atoms with E-state index in [1.54, 1.807) is 6.08 Å². The first-order valence-corrected chi connectivity index (χ1v) is 12.7. The van der Waals surface area contributed by atoms with Crippen LogP contribution in [-0.4, -0.2) is 17.9 Å². The molecule has 0 saturated heterocycles. The Morgan fingerprint density at radius 2 is 1.70 bits per heavy atom. The Morgan fingerprint density at radius 1 is 0.973 bits per heavy atom. The van der Waals surface area contributed by atoms with Crippen molar-refractivity contribution in [1.82, 2.24) is 5.32 Å². The molecule has 1 aromatic carbocycles. The van der Waals surface area contributed by atoms with Gasteiger partial charge in [-0.2, -0.15) is 26.3 Å². The number of amides is 2. The number of halogens is 6.